The molecule has 1 fully saturated rings. The third kappa shape index (κ3) is 2.71. The van der Waals surface area contributed by atoms with Gasteiger partial charge in [-0.25, -0.2) is 0 Å². The summed E-state index contributed by atoms with van der Waals surface area (Å²) in [5.74, 6) is 0.935. The van der Waals surface area contributed by atoms with Crippen LogP contribution < -0.4 is 0 Å². The van der Waals surface area contributed by atoms with Crippen molar-refractivity contribution in [3.8, 4) is 0 Å². The molecule has 4 rings (SSSR count). The van der Waals surface area contributed by atoms with E-state index < -0.39 is 21.0 Å². The maximum absolute atomic E-state index is 12.8. The molecule has 3 nitrogen and oxygen atoms in total. The standard InChI is InChI=1S/C20H25F3O3S/c1-18-11-4-3-5-13(18)6-7-14-15-8-9-17(19(15,2)12-10-16(14)18)26-27(24,25)20(21,22)23/h3,5-6,9,14-16H,4,7-8,10-12H2,1-2H3/t14?,15?,16?,18-,19-/m0/s1. The Morgan fingerprint density at radius 1 is 1.07 bits per heavy atom. The first kappa shape index (κ1) is 19.1. The lowest BCUT2D eigenvalue weighted by atomic mass is 9.49. The van der Waals surface area contributed by atoms with Gasteiger partial charge in [0.2, 0.25) is 0 Å². The van der Waals surface area contributed by atoms with Crippen molar-refractivity contribution in [2.75, 3.05) is 0 Å². The molecule has 0 aliphatic heterocycles. The molecular weight excluding hydrogens is 377 g/mol. The minimum absolute atomic E-state index is 0.00764. The molecule has 1 saturated carbocycles. The Kier molecular flexibility index (Phi) is 4.16. The number of allylic oxidation sites excluding steroid dienone is 6. The van der Waals surface area contributed by atoms with Crippen LogP contribution in [0, 0.1) is 28.6 Å². The summed E-state index contributed by atoms with van der Waals surface area (Å²) in [6, 6.07) is 0. The van der Waals surface area contributed by atoms with E-state index in [2.05, 4.69) is 29.3 Å². The third-order valence-corrected chi connectivity index (χ3v) is 8.61. The van der Waals surface area contributed by atoms with Gasteiger partial charge in [-0.05, 0) is 73.3 Å². The summed E-state index contributed by atoms with van der Waals surface area (Å²) in [6.07, 6.45) is 13.5. The van der Waals surface area contributed by atoms with Crippen LogP contribution in [0.4, 0.5) is 13.2 Å². The van der Waals surface area contributed by atoms with Gasteiger partial charge in [-0.2, -0.15) is 21.6 Å². The van der Waals surface area contributed by atoms with E-state index in [0.717, 1.165) is 25.7 Å². The van der Waals surface area contributed by atoms with Gasteiger partial charge in [0.1, 0.15) is 5.76 Å². The topological polar surface area (TPSA) is 43.4 Å². The molecule has 0 aromatic heterocycles. The van der Waals surface area contributed by atoms with Crippen LogP contribution in [0.25, 0.3) is 0 Å². The van der Waals surface area contributed by atoms with E-state index in [9.17, 15) is 21.6 Å². The smallest absolute Gasteiger partial charge is 0.380 e. The molecule has 5 atom stereocenters. The highest BCUT2D eigenvalue weighted by Gasteiger charge is 2.58. The highest BCUT2D eigenvalue weighted by molar-refractivity contribution is 7.87. The van der Waals surface area contributed by atoms with Crippen LogP contribution in [-0.2, 0) is 14.3 Å². The zero-order chi connectivity index (χ0) is 19.7. The summed E-state index contributed by atoms with van der Waals surface area (Å²) in [6.45, 7) is 4.19. The average molecular weight is 402 g/mol. The fraction of sp³-hybridized carbons (Fsp3) is 0.700. The van der Waals surface area contributed by atoms with Crippen molar-refractivity contribution in [3.63, 3.8) is 0 Å². The molecule has 0 amide bonds. The van der Waals surface area contributed by atoms with E-state index in [-0.39, 0.29) is 17.1 Å². The molecule has 4 aliphatic carbocycles. The lowest BCUT2D eigenvalue weighted by Gasteiger charge is -2.56. The first-order valence-electron chi connectivity index (χ1n) is 9.58. The Balaban J connectivity index is 1.62. The van der Waals surface area contributed by atoms with Crippen molar-refractivity contribution in [1.82, 2.24) is 0 Å². The van der Waals surface area contributed by atoms with E-state index in [1.54, 1.807) is 6.08 Å². The summed E-state index contributed by atoms with van der Waals surface area (Å²) >= 11 is 0. The second kappa shape index (κ2) is 5.88. The first-order chi connectivity index (χ1) is 12.5. The van der Waals surface area contributed by atoms with Crippen molar-refractivity contribution in [2.45, 2.75) is 57.9 Å². The molecule has 0 bridgehead atoms. The van der Waals surface area contributed by atoms with Crippen LogP contribution in [0.1, 0.15) is 52.4 Å². The van der Waals surface area contributed by atoms with E-state index in [1.807, 2.05) is 6.92 Å². The fourth-order valence-electron chi connectivity index (χ4n) is 6.12. The molecule has 27 heavy (non-hydrogen) atoms. The monoisotopic (exact) mass is 402 g/mol. The zero-order valence-electron chi connectivity index (χ0n) is 15.6. The van der Waals surface area contributed by atoms with Crippen molar-refractivity contribution < 1.29 is 25.8 Å². The molecule has 0 spiro atoms. The van der Waals surface area contributed by atoms with Gasteiger partial charge in [0, 0.05) is 5.41 Å². The van der Waals surface area contributed by atoms with Gasteiger partial charge in [0.05, 0.1) is 0 Å². The molecule has 4 aliphatic rings. The molecule has 0 aromatic rings. The molecule has 7 heteroatoms. The minimum atomic E-state index is -5.62. The molecule has 0 saturated heterocycles. The summed E-state index contributed by atoms with van der Waals surface area (Å²) in [7, 11) is -5.62. The highest BCUT2D eigenvalue weighted by atomic mass is 32.2. The van der Waals surface area contributed by atoms with Gasteiger partial charge >= 0.3 is 15.6 Å². The van der Waals surface area contributed by atoms with Gasteiger partial charge < -0.3 is 4.18 Å². The SMILES string of the molecule is C[C@]12CCC=CC1=CCC1C2CC[C@]2(C)C(OS(=O)(=O)C(F)(F)F)=CCC12. The number of halogens is 3. The van der Waals surface area contributed by atoms with Gasteiger partial charge in [-0.15, -0.1) is 0 Å². The maximum atomic E-state index is 12.8. The van der Waals surface area contributed by atoms with Crippen LogP contribution in [0.15, 0.2) is 35.6 Å². The number of fused-ring (bicyclic) bond motifs is 5. The quantitative estimate of drug-likeness (QED) is 0.454. The second-order valence-corrected chi connectivity index (χ2v) is 10.4. The number of alkyl halides is 3. The lowest BCUT2D eigenvalue weighted by molar-refractivity contribution is -0.0566. The Labute approximate surface area is 158 Å². The highest BCUT2D eigenvalue weighted by Crippen LogP contribution is 2.64. The van der Waals surface area contributed by atoms with E-state index in [0.29, 0.717) is 24.7 Å². The molecule has 0 N–H and O–H groups in total. The molecule has 0 radical (unpaired) electrons. The second-order valence-electron chi connectivity index (χ2n) is 8.87. The van der Waals surface area contributed by atoms with Crippen molar-refractivity contribution in [3.05, 3.63) is 35.6 Å². The number of hydrogen-bond acceptors (Lipinski definition) is 3. The predicted octanol–water partition coefficient (Wildman–Crippen LogP) is 5.48. The summed E-state index contributed by atoms with van der Waals surface area (Å²) < 4.78 is 66.1. The van der Waals surface area contributed by atoms with Gasteiger partial charge in [-0.1, -0.05) is 32.1 Å². The molecule has 0 heterocycles. The van der Waals surface area contributed by atoms with Gasteiger partial charge in [0.25, 0.3) is 0 Å². The third-order valence-electron chi connectivity index (χ3n) is 7.65. The van der Waals surface area contributed by atoms with E-state index in [4.69, 9.17) is 0 Å². The van der Waals surface area contributed by atoms with Crippen molar-refractivity contribution in [1.29, 1.82) is 0 Å². The summed E-state index contributed by atoms with van der Waals surface area (Å²) in [5.41, 5.74) is -4.54. The largest absolute Gasteiger partial charge is 0.534 e. The van der Waals surface area contributed by atoms with Crippen LogP contribution in [0.3, 0.4) is 0 Å². The normalized spacial score (nSPS) is 41.1. The van der Waals surface area contributed by atoms with Gasteiger partial charge in [-0.3, -0.25) is 0 Å². The summed E-state index contributed by atoms with van der Waals surface area (Å²) in [5, 5.41) is 0. The lowest BCUT2D eigenvalue weighted by Crippen LogP contribution is -2.48. The number of hydrogen-bond donors (Lipinski definition) is 0. The van der Waals surface area contributed by atoms with Crippen LogP contribution in [-0.4, -0.2) is 13.9 Å². The molecule has 0 aromatic carbocycles. The molecule has 150 valence electrons. The molecule has 3 unspecified atom stereocenters. The predicted molar refractivity (Wildman–Crippen MR) is 95.8 cm³/mol. The van der Waals surface area contributed by atoms with Crippen molar-refractivity contribution >= 4 is 10.1 Å². The fourth-order valence-corrected chi connectivity index (χ4v) is 6.71. The molecular formula is C20H25F3O3S. The Hall–Kier alpha value is -1.24. The first-order valence-corrected chi connectivity index (χ1v) is 11.0. The van der Waals surface area contributed by atoms with Crippen LogP contribution in [0.5, 0.6) is 0 Å². The van der Waals surface area contributed by atoms with Gasteiger partial charge in [0.15, 0.2) is 0 Å². The zero-order valence-corrected chi connectivity index (χ0v) is 16.4. The Bertz CT molecular complexity index is 839. The average Bonchev–Trinajstić information content (AvgIpc) is 2.89. The van der Waals surface area contributed by atoms with Crippen LogP contribution in [0.2, 0.25) is 0 Å². The van der Waals surface area contributed by atoms with E-state index >= 15 is 0 Å². The Morgan fingerprint density at radius 2 is 1.81 bits per heavy atom. The van der Waals surface area contributed by atoms with Crippen molar-refractivity contribution in [2.24, 2.45) is 28.6 Å². The number of rotatable bonds is 2. The Morgan fingerprint density at radius 3 is 2.52 bits per heavy atom. The van der Waals surface area contributed by atoms with Crippen LogP contribution >= 0.6 is 0 Å². The van der Waals surface area contributed by atoms with E-state index in [1.165, 1.54) is 5.57 Å². The summed E-state index contributed by atoms with van der Waals surface area (Å²) in [4.78, 5) is 0. The minimum Gasteiger partial charge on any atom is -0.380 e. The maximum Gasteiger partial charge on any atom is 0.534 e.